The van der Waals surface area contributed by atoms with Crippen molar-refractivity contribution in [3.63, 3.8) is 0 Å². The highest BCUT2D eigenvalue weighted by Crippen LogP contribution is 2.34. The van der Waals surface area contributed by atoms with E-state index < -0.39 is 0 Å². The van der Waals surface area contributed by atoms with Crippen molar-refractivity contribution in [1.29, 1.82) is 0 Å². The van der Waals surface area contributed by atoms with Gasteiger partial charge in [0, 0.05) is 25.7 Å². The van der Waals surface area contributed by atoms with Gasteiger partial charge in [0.1, 0.15) is 11.2 Å². The van der Waals surface area contributed by atoms with Crippen molar-refractivity contribution in [2.75, 3.05) is 50.8 Å². The Balaban J connectivity index is 1.54. The van der Waals surface area contributed by atoms with E-state index in [1.807, 2.05) is 11.0 Å². The Kier molecular flexibility index (Phi) is 6.86. The maximum Gasteiger partial charge on any atom is 0.264 e. The molecule has 1 atom stereocenters. The van der Waals surface area contributed by atoms with Gasteiger partial charge < -0.3 is 24.2 Å². The second-order valence-corrected chi connectivity index (χ2v) is 9.79. The summed E-state index contributed by atoms with van der Waals surface area (Å²) in [6.45, 7) is 9.36. The smallest absolute Gasteiger partial charge is 0.264 e. The number of likely N-dealkylation sites (tertiary alicyclic amines) is 1. The first-order chi connectivity index (χ1) is 17.0. The zero-order chi connectivity index (χ0) is 24.5. The van der Waals surface area contributed by atoms with E-state index in [0.717, 1.165) is 30.9 Å². The molecule has 2 aliphatic rings. The van der Waals surface area contributed by atoms with Gasteiger partial charge in [0.05, 0.1) is 36.9 Å². The number of hydrogen-bond donors (Lipinski definition) is 1. The number of aliphatic hydroxyl groups excluding tert-OH is 1. The van der Waals surface area contributed by atoms with E-state index in [4.69, 9.17) is 9.72 Å². The van der Waals surface area contributed by atoms with Gasteiger partial charge in [-0.15, -0.1) is 0 Å². The average molecular weight is 478 g/mol. The number of ether oxygens (including phenoxy) is 1. The van der Waals surface area contributed by atoms with Crippen LogP contribution in [0.3, 0.4) is 0 Å². The van der Waals surface area contributed by atoms with E-state index in [1.165, 1.54) is 28.5 Å². The molecule has 8 heteroatoms. The molecule has 1 N–H and O–H groups in total. The molecule has 0 aliphatic carbocycles. The van der Waals surface area contributed by atoms with E-state index in [9.17, 15) is 9.90 Å². The van der Waals surface area contributed by atoms with Crippen molar-refractivity contribution in [3.8, 4) is 11.3 Å². The highest BCUT2D eigenvalue weighted by atomic mass is 16.5. The maximum absolute atomic E-state index is 13.1. The number of pyridine rings is 1. The van der Waals surface area contributed by atoms with Gasteiger partial charge in [-0.1, -0.05) is 19.1 Å². The minimum Gasteiger partial charge on any atom is -0.394 e. The SMILES string of the molecule is CCN1CCC(c2ccc(-c3cc4ncn(C)c(=O)c4c(N4CCOC(CO)C4)n3)cc2C)CC1. The lowest BCUT2D eigenvalue weighted by atomic mass is 9.86. The second kappa shape index (κ2) is 10.0. The lowest BCUT2D eigenvalue weighted by molar-refractivity contribution is 0.00344. The summed E-state index contributed by atoms with van der Waals surface area (Å²) in [5.74, 6) is 1.21. The zero-order valence-corrected chi connectivity index (χ0v) is 20.9. The predicted octanol–water partition coefficient (Wildman–Crippen LogP) is 2.70. The molecule has 0 radical (unpaired) electrons. The third-order valence-electron chi connectivity index (χ3n) is 7.57. The minimum atomic E-state index is -0.301. The summed E-state index contributed by atoms with van der Waals surface area (Å²) in [7, 11) is 1.70. The molecule has 0 amide bonds. The largest absolute Gasteiger partial charge is 0.394 e. The molecule has 2 aliphatic heterocycles. The summed E-state index contributed by atoms with van der Waals surface area (Å²) in [5, 5.41) is 10.1. The van der Waals surface area contributed by atoms with Crippen molar-refractivity contribution < 1.29 is 9.84 Å². The van der Waals surface area contributed by atoms with E-state index in [1.54, 1.807) is 13.4 Å². The first kappa shape index (κ1) is 23.9. The normalized spacial score (nSPS) is 20.0. The first-order valence-corrected chi connectivity index (χ1v) is 12.7. The summed E-state index contributed by atoms with van der Waals surface area (Å²) in [4.78, 5) is 27.2. The Labute approximate surface area is 206 Å². The van der Waals surface area contributed by atoms with Gasteiger partial charge in [0.2, 0.25) is 0 Å². The van der Waals surface area contributed by atoms with Crippen LogP contribution < -0.4 is 10.5 Å². The molecule has 0 spiro atoms. The Morgan fingerprint density at radius 2 is 1.97 bits per heavy atom. The van der Waals surface area contributed by atoms with Gasteiger partial charge in [-0.05, 0) is 68.6 Å². The molecule has 186 valence electrons. The van der Waals surface area contributed by atoms with Gasteiger partial charge in [-0.25, -0.2) is 9.97 Å². The molecule has 4 heterocycles. The monoisotopic (exact) mass is 477 g/mol. The van der Waals surface area contributed by atoms with Crippen LogP contribution in [-0.2, 0) is 11.8 Å². The Bertz CT molecular complexity index is 1270. The third-order valence-corrected chi connectivity index (χ3v) is 7.57. The van der Waals surface area contributed by atoms with Crippen molar-refractivity contribution in [2.45, 2.75) is 38.7 Å². The lowest BCUT2D eigenvalue weighted by Gasteiger charge is -2.33. The first-order valence-electron chi connectivity index (χ1n) is 12.7. The summed E-state index contributed by atoms with van der Waals surface area (Å²) in [6, 6.07) is 8.55. The number of aliphatic hydroxyl groups is 1. The van der Waals surface area contributed by atoms with Crippen molar-refractivity contribution in [2.24, 2.45) is 7.05 Å². The number of fused-ring (bicyclic) bond motifs is 1. The highest BCUT2D eigenvalue weighted by molar-refractivity contribution is 5.92. The number of anilines is 1. The maximum atomic E-state index is 13.1. The molecule has 1 unspecified atom stereocenters. The van der Waals surface area contributed by atoms with Crippen LogP contribution in [0.25, 0.3) is 22.2 Å². The molecule has 0 bridgehead atoms. The molecular weight excluding hydrogens is 442 g/mol. The number of rotatable bonds is 5. The number of aryl methyl sites for hydroxylation is 2. The fraction of sp³-hybridized carbons (Fsp3) is 0.519. The van der Waals surface area contributed by atoms with Crippen LogP contribution in [-0.4, -0.2) is 76.6 Å². The van der Waals surface area contributed by atoms with Gasteiger partial charge in [0.15, 0.2) is 0 Å². The quantitative estimate of drug-likeness (QED) is 0.605. The van der Waals surface area contributed by atoms with E-state index in [0.29, 0.717) is 42.3 Å². The van der Waals surface area contributed by atoms with Crippen molar-refractivity contribution >= 4 is 16.7 Å². The fourth-order valence-electron chi connectivity index (χ4n) is 5.46. The number of nitrogens with zero attached hydrogens (tertiary/aromatic N) is 5. The zero-order valence-electron chi connectivity index (χ0n) is 20.9. The molecule has 8 nitrogen and oxygen atoms in total. The molecule has 2 aromatic heterocycles. The Morgan fingerprint density at radius 3 is 2.69 bits per heavy atom. The van der Waals surface area contributed by atoms with Crippen LogP contribution >= 0.6 is 0 Å². The van der Waals surface area contributed by atoms with Crippen LogP contribution in [0.15, 0.2) is 35.4 Å². The number of hydrogen-bond acceptors (Lipinski definition) is 7. The topological polar surface area (TPSA) is 83.7 Å². The van der Waals surface area contributed by atoms with Crippen LogP contribution in [0.1, 0.15) is 36.8 Å². The van der Waals surface area contributed by atoms with E-state index >= 15 is 0 Å². The number of morpholine rings is 1. The van der Waals surface area contributed by atoms with Crippen LogP contribution in [0.5, 0.6) is 0 Å². The fourth-order valence-corrected chi connectivity index (χ4v) is 5.46. The molecule has 3 aromatic rings. The summed E-state index contributed by atoms with van der Waals surface area (Å²) in [6.07, 6.45) is 3.65. The van der Waals surface area contributed by atoms with Gasteiger partial charge in [-0.2, -0.15) is 0 Å². The lowest BCUT2D eigenvalue weighted by Crippen LogP contribution is -2.45. The molecular formula is C27H35N5O3. The van der Waals surface area contributed by atoms with Gasteiger partial charge in [0.25, 0.3) is 5.56 Å². The van der Waals surface area contributed by atoms with Crippen LogP contribution in [0, 0.1) is 6.92 Å². The van der Waals surface area contributed by atoms with Crippen molar-refractivity contribution in [1.82, 2.24) is 19.4 Å². The summed E-state index contributed by atoms with van der Waals surface area (Å²) < 4.78 is 7.12. The average Bonchev–Trinajstić information content (AvgIpc) is 2.90. The Morgan fingerprint density at radius 1 is 1.17 bits per heavy atom. The molecule has 5 rings (SSSR count). The van der Waals surface area contributed by atoms with E-state index in [2.05, 4.69) is 41.9 Å². The standard InChI is InChI=1S/C27H35N5O3/c1-4-31-9-7-19(8-10-31)22-6-5-20(13-18(22)2)23-14-24-25(27(34)30(3)17-28-24)26(29-23)32-11-12-35-21(15-32)16-33/h5-6,13-14,17,19,21,33H,4,7-12,15-16H2,1-3H3. The van der Waals surface area contributed by atoms with E-state index in [-0.39, 0.29) is 18.3 Å². The highest BCUT2D eigenvalue weighted by Gasteiger charge is 2.25. The predicted molar refractivity (Wildman–Crippen MR) is 138 cm³/mol. The summed E-state index contributed by atoms with van der Waals surface area (Å²) in [5.41, 5.74) is 5.04. The summed E-state index contributed by atoms with van der Waals surface area (Å²) >= 11 is 0. The van der Waals surface area contributed by atoms with Crippen LogP contribution in [0.4, 0.5) is 5.82 Å². The molecule has 2 fully saturated rings. The Hall–Kier alpha value is -2.81. The van der Waals surface area contributed by atoms with Gasteiger partial charge >= 0.3 is 0 Å². The third kappa shape index (κ3) is 4.70. The minimum absolute atomic E-state index is 0.0672. The number of aromatic nitrogens is 3. The number of piperidine rings is 1. The number of benzene rings is 1. The second-order valence-electron chi connectivity index (χ2n) is 9.79. The molecule has 35 heavy (non-hydrogen) atoms. The van der Waals surface area contributed by atoms with Crippen molar-refractivity contribution in [3.05, 3.63) is 52.1 Å². The molecule has 1 aromatic carbocycles. The molecule has 2 saturated heterocycles. The molecule has 0 saturated carbocycles. The van der Waals surface area contributed by atoms with Gasteiger partial charge in [-0.3, -0.25) is 4.79 Å². The van der Waals surface area contributed by atoms with Crippen LogP contribution in [0.2, 0.25) is 0 Å².